The second-order valence-electron chi connectivity index (χ2n) is 4.76. The Balaban J connectivity index is 1.86. The van der Waals surface area contributed by atoms with E-state index >= 15 is 0 Å². The summed E-state index contributed by atoms with van der Waals surface area (Å²) in [5, 5.41) is 0.599. The molecule has 3 rings (SSSR count). The van der Waals surface area contributed by atoms with Crippen molar-refractivity contribution in [2.45, 2.75) is 6.54 Å². The fraction of sp³-hybridized carbons (Fsp3) is 0.0556. The van der Waals surface area contributed by atoms with Gasteiger partial charge in [0.1, 0.15) is 11.5 Å². The van der Waals surface area contributed by atoms with Crippen LogP contribution in [0.1, 0.15) is 5.69 Å². The summed E-state index contributed by atoms with van der Waals surface area (Å²) in [7, 11) is 0. The van der Waals surface area contributed by atoms with E-state index in [0.29, 0.717) is 17.3 Å². The molecule has 0 aliphatic rings. The minimum atomic E-state index is 0.321. The number of benzene rings is 2. The Kier molecular flexibility index (Phi) is 4.37. The van der Waals surface area contributed by atoms with Crippen LogP contribution in [0.4, 0.5) is 0 Å². The van der Waals surface area contributed by atoms with E-state index < -0.39 is 0 Å². The summed E-state index contributed by atoms with van der Waals surface area (Å²) < 4.78 is 5.78. The average molecular weight is 311 g/mol. The molecular formula is C18H15ClN2O. The minimum absolute atomic E-state index is 0.321. The van der Waals surface area contributed by atoms with Crippen molar-refractivity contribution >= 4 is 11.6 Å². The molecule has 1 aromatic heterocycles. The van der Waals surface area contributed by atoms with Gasteiger partial charge < -0.3 is 10.5 Å². The van der Waals surface area contributed by atoms with E-state index in [1.165, 1.54) is 0 Å². The Morgan fingerprint density at radius 1 is 0.909 bits per heavy atom. The molecule has 3 aromatic rings. The first-order valence-electron chi connectivity index (χ1n) is 6.94. The molecule has 4 heteroatoms. The largest absolute Gasteiger partial charge is 0.457 e. The second-order valence-corrected chi connectivity index (χ2v) is 5.14. The highest BCUT2D eigenvalue weighted by molar-refractivity contribution is 6.33. The maximum atomic E-state index is 6.34. The second kappa shape index (κ2) is 6.60. The van der Waals surface area contributed by atoms with Crippen LogP contribution in [0.2, 0.25) is 5.02 Å². The van der Waals surface area contributed by atoms with Crippen LogP contribution in [0.15, 0.2) is 66.9 Å². The highest BCUT2D eigenvalue weighted by Gasteiger charge is 2.08. The van der Waals surface area contributed by atoms with Crippen LogP contribution in [0, 0.1) is 0 Å². The zero-order chi connectivity index (χ0) is 15.4. The van der Waals surface area contributed by atoms with Gasteiger partial charge in [0.25, 0.3) is 0 Å². The van der Waals surface area contributed by atoms with Gasteiger partial charge in [0.2, 0.25) is 0 Å². The minimum Gasteiger partial charge on any atom is -0.457 e. The van der Waals surface area contributed by atoms with Gasteiger partial charge in [0.15, 0.2) is 0 Å². The van der Waals surface area contributed by atoms with Gasteiger partial charge in [-0.05, 0) is 35.9 Å². The number of halogens is 1. The van der Waals surface area contributed by atoms with Crippen molar-refractivity contribution < 1.29 is 4.74 Å². The van der Waals surface area contributed by atoms with Crippen LogP contribution in [-0.4, -0.2) is 4.98 Å². The Bertz CT molecular complexity index is 758. The Morgan fingerprint density at radius 2 is 1.59 bits per heavy atom. The average Bonchev–Trinajstić information content (AvgIpc) is 2.57. The molecule has 22 heavy (non-hydrogen) atoms. The molecule has 0 amide bonds. The first-order valence-corrected chi connectivity index (χ1v) is 7.32. The molecule has 2 N–H and O–H groups in total. The predicted molar refractivity (Wildman–Crippen MR) is 89.1 cm³/mol. The first kappa shape index (κ1) is 14.6. The van der Waals surface area contributed by atoms with E-state index in [2.05, 4.69) is 4.98 Å². The van der Waals surface area contributed by atoms with E-state index in [-0.39, 0.29) is 0 Å². The standard InChI is InChI=1S/C18H15ClN2O/c19-18-16(10-11-21-17(18)12-20)13-6-8-15(9-7-13)22-14-4-2-1-3-5-14/h1-11H,12,20H2. The summed E-state index contributed by atoms with van der Waals surface area (Å²) in [4.78, 5) is 4.17. The number of nitrogens with two attached hydrogens (primary N) is 1. The maximum absolute atomic E-state index is 6.34. The summed E-state index contributed by atoms with van der Waals surface area (Å²) in [5.74, 6) is 1.58. The fourth-order valence-electron chi connectivity index (χ4n) is 2.18. The van der Waals surface area contributed by atoms with E-state index in [1.54, 1.807) is 6.20 Å². The van der Waals surface area contributed by atoms with E-state index in [1.807, 2.05) is 60.7 Å². The lowest BCUT2D eigenvalue weighted by Gasteiger charge is -2.09. The summed E-state index contributed by atoms with van der Waals surface area (Å²) in [5.41, 5.74) is 8.26. The summed E-state index contributed by atoms with van der Waals surface area (Å²) in [6.07, 6.45) is 1.72. The van der Waals surface area contributed by atoms with Crippen LogP contribution in [0.25, 0.3) is 11.1 Å². The van der Waals surface area contributed by atoms with Gasteiger partial charge in [0, 0.05) is 18.3 Å². The third-order valence-electron chi connectivity index (χ3n) is 3.30. The fourth-order valence-corrected chi connectivity index (χ4v) is 2.48. The third-order valence-corrected chi connectivity index (χ3v) is 3.72. The van der Waals surface area contributed by atoms with Crippen LogP contribution in [0.3, 0.4) is 0 Å². The highest BCUT2D eigenvalue weighted by Crippen LogP contribution is 2.31. The number of hydrogen-bond acceptors (Lipinski definition) is 3. The summed E-state index contributed by atoms with van der Waals surface area (Å²) >= 11 is 6.34. The van der Waals surface area contributed by atoms with Gasteiger partial charge >= 0.3 is 0 Å². The quantitative estimate of drug-likeness (QED) is 0.763. The van der Waals surface area contributed by atoms with Crippen molar-refractivity contribution in [3.05, 3.63) is 77.6 Å². The number of rotatable bonds is 4. The monoisotopic (exact) mass is 310 g/mol. The van der Waals surface area contributed by atoms with Crippen LogP contribution >= 0.6 is 11.6 Å². The number of pyridine rings is 1. The molecular weight excluding hydrogens is 296 g/mol. The van der Waals surface area contributed by atoms with Gasteiger partial charge in [-0.1, -0.05) is 41.9 Å². The highest BCUT2D eigenvalue weighted by atomic mass is 35.5. The van der Waals surface area contributed by atoms with E-state index in [4.69, 9.17) is 22.1 Å². The van der Waals surface area contributed by atoms with Crippen molar-refractivity contribution in [3.8, 4) is 22.6 Å². The molecule has 0 aliphatic carbocycles. The zero-order valence-corrected chi connectivity index (χ0v) is 12.6. The Morgan fingerprint density at radius 3 is 2.27 bits per heavy atom. The molecule has 0 radical (unpaired) electrons. The summed E-state index contributed by atoms with van der Waals surface area (Å²) in [6, 6.07) is 19.3. The van der Waals surface area contributed by atoms with Crippen LogP contribution in [0.5, 0.6) is 11.5 Å². The Labute approximate surface area is 134 Å². The van der Waals surface area contributed by atoms with Crippen LogP contribution in [-0.2, 0) is 6.54 Å². The lowest BCUT2D eigenvalue weighted by Crippen LogP contribution is -2.00. The van der Waals surface area contributed by atoms with Gasteiger partial charge in [-0.15, -0.1) is 0 Å². The number of para-hydroxylation sites is 1. The topological polar surface area (TPSA) is 48.1 Å². The number of ether oxygens (including phenoxy) is 1. The molecule has 0 aliphatic heterocycles. The normalized spacial score (nSPS) is 10.5. The molecule has 0 atom stereocenters. The van der Waals surface area contributed by atoms with Gasteiger partial charge in [-0.3, -0.25) is 4.98 Å². The first-order chi connectivity index (χ1) is 10.8. The van der Waals surface area contributed by atoms with Crippen molar-refractivity contribution in [2.24, 2.45) is 5.73 Å². The van der Waals surface area contributed by atoms with Crippen molar-refractivity contribution in [2.75, 3.05) is 0 Å². The molecule has 2 aromatic carbocycles. The molecule has 0 spiro atoms. The lowest BCUT2D eigenvalue weighted by molar-refractivity contribution is 0.483. The Hall–Kier alpha value is -2.36. The van der Waals surface area contributed by atoms with Crippen molar-refractivity contribution in [3.63, 3.8) is 0 Å². The molecule has 0 bridgehead atoms. The maximum Gasteiger partial charge on any atom is 0.127 e. The lowest BCUT2D eigenvalue weighted by atomic mass is 10.1. The third kappa shape index (κ3) is 3.11. The summed E-state index contributed by atoms with van der Waals surface area (Å²) in [6.45, 7) is 0.321. The van der Waals surface area contributed by atoms with Gasteiger partial charge in [-0.2, -0.15) is 0 Å². The number of hydrogen-bond donors (Lipinski definition) is 1. The van der Waals surface area contributed by atoms with E-state index in [9.17, 15) is 0 Å². The number of aromatic nitrogens is 1. The van der Waals surface area contributed by atoms with Crippen molar-refractivity contribution in [1.82, 2.24) is 4.98 Å². The molecule has 1 heterocycles. The predicted octanol–water partition coefficient (Wildman–Crippen LogP) is 4.65. The van der Waals surface area contributed by atoms with Gasteiger partial charge in [-0.25, -0.2) is 0 Å². The van der Waals surface area contributed by atoms with Crippen molar-refractivity contribution in [1.29, 1.82) is 0 Å². The molecule has 0 fully saturated rings. The van der Waals surface area contributed by atoms with Gasteiger partial charge in [0.05, 0.1) is 10.7 Å². The molecule has 0 saturated carbocycles. The molecule has 3 nitrogen and oxygen atoms in total. The molecule has 110 valence electrons. The SMILES string of the molecule is NCc1nccc(-c2ccc(Oc3ccccc3)cc2)c1Cl. The van der Waals surface area contributed by atoms with E-state index in [0.717, 1.165) is 22.6 Å². The smallest absolute Gasteiger partial charge is 0.127 e. The number of nitrogens with zero attached hydrogens (tertiary/aromatic N) is 1. The zero-order valence-electron chi connectivity index (χ0n) is 11.9. The molecule has 0 saturated heterocycles. The molecule has 0 unspecified atom stereocenters. The van der Waals surface area contributed by atoms with Crippen LogP contribution < -0.4 is 10.5 Å².